The van der Waals surface area contributed by atoms with Gasteiger partial charge in [0.15, 0.2) is 0 Å². The van der Waals surface area contributed by atoms with E-state index in [1.807, 2.05) is 25.1 Å². The van der Waals surface area contributed by atoms with Crippen LogP contribution in [0.3, 0.4) is 0 Å². The van der Waals surface area contributed by atoms with Gasteiger partial charge in [-0.3, -0.25) is 9.36 Å². The van der Waals surface area contributed by atoms with E-state index in [9.17, 15) is 9.18 Å². The molecular formula is C19H17ClFN3O. The fourth-order valence-electron chi connectivity index (χ4n) is 2.61. The number of hydrogen-bond acceptors (Lipinski definition) is 2. The van der Waals surface area contributed by atoms with Gasteiger partial charge in [-0.1, -0.05) is 23.7 Å². The zero-order chi connectivity index (χ0) is 17.8. The summed E-state index contributed by atoms with van der Waals surface area (Å²) < 4.78 is 14.8. The van der Waals surface area contributed by atoms with Crippen molar-refractivity contribution in [1.29, 1.82) is 0 Å². The van der Waals surface area contributed by atoms with Gasteiger partial charge in [-0.15, -0.1) is 0 Å². The molecule has 0 atom stereocenters. The SMILES string of the molecule is CCN(Cc1cccc(Cl)c1)C(=O)c1cncn1-c1ccc(F)cc1. The summed E-state index contributed by atoms with van der Waals surface area (Å²) in [7, 11) is 0. The summed E-state index contributed by atoms with van der Waals surface area (Å²) in [5.41, 5.74) is 2.06. The number of imidazole rings is 1. The van der Waals surface area contributed by atoms with Crippen LogP contribution in [0.1, 0.15) is 23.0 Å². The summed E-state index contributed by atoms with van der Waals surface area (Å²) in [6.45, 7) is 2.91. The molecule has 0 N–H and O–H groups in total. The molecule has 3 rings (SSSR count). The average Bonchev–Trinajstić information content (AvgIpc) is 3.09. The molecule has 0 spiro atoms. The second-order valence-electron chi connectivity index (χ2n) is 5.57. The molecule has 0 aliphatic rings. The van der Waals surface area contributed by atoms with Gasteiger partial charge in [0.1, 0.15) is 11.5 Å². The number of hydrogen-bond donors (Lipinski definition) is 0. The third kappa shape index (κ3) is 3.88. The minimum Gasteiger partial charge on any atom is -0.333 e. The van der Waals surface area contributed by atoms with E-state index in [4.69, 9.17) is 11.6 Å². The summed E-state index contributed by atoms with van der Waals surface area (Å²) in [5.74, 6) is -0.475. The van der Waals surface area contributed by atoms with E-state index in [1.165, 1.54) is 18.3 Å². The van der Waals surface area contributed by atoms with Crippen molar-refractivity contribution in [3.8, 4) is 5.69 Å². The van der Waals surface area contributed by atoms with Crippen LogP contribution in [0.15, 0.2) is 61.1 Å². The van der Waals surface area contributed by atoms with Gasteiger partial charge in [-0.2, -0.15) is 0 Å². The monoisotopic (exact) mass is 357 g/mol. The van der Waals surface area contributed by atoms with Crippen LogP contribution in [0, 0.1) is 5.82 Å². The lowest BCUT2D eigenvalue weighted by Crippen LogP contribution is -2.31. The molecule has 1 aromatic heterocycles. The molecule has 0 radical (unpaired) electrons. The number of benzene rings is 2. The number of carbonyl (C=O) groups excluding carboxylic acids is 1. The third-order valence-electron chi connectivity index (χ3n) is 3.89. The van der Waals surface area contributed by atoms with Crippen molar-refractivity contribution >= 4 is 17.5 Å². The molecule has 1 heterocycles. The largest absolute Gasteiger partial charge is 0.333 e. The van der Waals surface area contributed by atoms with Gasteiger partial charge in [-0.05, 0) is 48.9 Å². The lowest BCUT2D eigenvalue weighted by Gasteiger charge is -2.21. The van der Waals surface area contributed by atoms with Crippen molar-refractivity contribution < 1.29 is 9.18 Å². The van der Waals surface area contributed by atoms with E-state index in [1.54, 1.807) is 34.0 Å². The molecule has 0 saturated carbocycles. The van der Waals surface area contributed by atoms with Crippen LogP contribution < -0.4 is 0 Å². The minimum absolute atomic E-state index is 0.149. The highest BCUT2D eigenvalue weighted by molar-refractivity contribution is 6.30. The molecule has 0 fully saturated rings. The smallest absolute Gasteiger partial charge is 0.272 e. The van der Waals surface area contributed by atoms with E-state index >= 15 is 0 Å². The lowest BCUT2D eigenvalue weighted by molar-refractivity contribution is 0.0744. The molecule has 2 aromatic carbocycles. The molecule has 0 aliphatic carbocycles. The number of amides is 1. The predicted octanol–water partition coefficient (Wildman–Crippen LogP) is 4.33. The normalized spacial score (nSPS) is 10.7. The van der Waals surface area contributed by atoms with Gasteiger partial charge in [0.25, 0.3) is 5.91 Å². The first-order valence-electron chi connectivity index (χ1n) is 7.90. The maximum Gasteiger partial charge on any atom is 0.272 e. The Labute approximate surface area is 150 Å². The molecule has 1 amide bonds. The van der Waals surface area contributed by atoms with Gasteiger partial charge < -0.3 is 4.90 Å². The Bertz CT molecular complexity index is 876. The van der Waals surface area contributed by atoms with Gasteiger partial charge in [0.2, 0.25) is 0 Å². The van der Waals surface area contributed by atoms with Crippen LogP contribution in [-0.2, 0) is 6.54 Å². The molecular weight excluding hydrogens is 341 g/mol. The number of halogens is 2. The Morgan fingerprint density at radius 1 is 1.24 bits per heavy atom. The van der Waals surface area contributed by atoms with Crippen molar-refractivity contribution in [3.05, 3.63) is 83.2 Å². The van der Waals surface area contributed by atoms with Gasteiger partial charge in [-0.25, -0.2) is 9.37 Å². The van der Waals surface area contributed by atoms with E-state index in [2.05, 4.69) is 4.98 Å². The zero-order valence-corrected chi connectivity index (χ0v) is 14.4. The highest BCUT2D eigenvalue weighted by Gasteiger charge is 2.19. The standard InChI is InChI=1S/C19H17ClFN3O/c1-2-23(12-14-4-3-5-15(20)10-14)19(25)18-11-22-13-24(18)17-8-6-16(21)7-9-17/h3-11,13H,2,12H2,1H3. The van der Waals surface area contributed by atoms with Crippen molar-refractivity contribution in [2.45, 2.75) is 13.5 Å². The highest BCUT2D eigenvalue weighted by atomic mass is 35.5. The third-order valence-corrected chi connectivity index (χ3v) is 4.13. The van der Waals surface area contributed by atoms with Crippen LogP contribution in [0.5, 0.6) is 0 Å². The maximum atomic E-state index is 13.1. The quantitative estimate of drug-likeness (QED) is 0.681. The summed E-state index contributed by atoms with van der Waals surface area (Å²) in [4.78, 5) is 18.7. The van der Waals surface area contributed by atoms with E-state index in [-0.39, 0.29) is 11.7 Å². The topological polar surface area (TPSA) is 38.1 Å². The Kier molecular flexibility index (Phi) is 5.14. The molecule has 0 unspecified atom stereocenters. The Hall–Kier alpha value is -2.66. The second kappa shape index (κ2) is 7.49. The molecule has 4 nitrogen and oxygen atoms in total. The van der Waals surface area contributed by atoms with E-state index in [0.717, 1.165) is 5.56 Å². The lowest BCUT2D eigenvalue weighted by atomic mass is 10.2. The van der Waals surface area contributed by atoms with Gasteiger partial charge >= 0.3 is 0 Å². The molecule has 128 valence electrons. The molecule has 25 heavy (non-hydrogen) atoms. The fraction of sp³-hybridized carbons (Fsp3) is 0.158. The van der Waals surface area contributed by atoms with Crippen molar-refractivity contribution in [1.82, 2.24) is 14.5 Å². The fourth-order valence-corrected chi connectivity index (χ4v) is 2.82. The number of aromatic nitrogens is 2. The maximum absolute atomic E-state index is 13.1. The Morgan fingerprint density at radius 3 is 2.68 bits per heavy atom. The van der Waals surface area contributed by atoms with Gasteiger partial charge in [0, 0.05) is 23.8 Å². The summed E-state index contributed by atoms with van der Waals surface area (Å²) >= 11 is 6.02. The van der Waals surface area contributed by atoms with Crippen LogP contribution in [0.2, 0.25) is 5.02 Å². The van der Waals surface area contributed by atoms with Crippen LogP contribution in [0.25, 0.3) is 5.69 Å². The summed E-state index contributed by atoms with van der Waals surface area (Å²) in [6, 6.07) is 13.4. The summed E-state index contributed by atoms with van der Waals surface area (Å²) in [6.07, 6.45) is 3.07. The van der Waals surface area contributed by atoms with Crippen molar-refractivity contribution in [2.24, 2.45) is 0 Å². The first-order chi connectivity index (χ1) is 12.1. The van der Waals surface area contributed by atoms with Crippen molar-refractivity contribution in [3.63, 3.8) is 0 Å². The second-order valence-corrected chi connectivity index (χ2v) is 6.01. The molecule has 6 heteroatoms. The molecule has 0 saturated heterocycles. The minimum atomic E-state index is -0.326. The number of carbonyl (C=O) groups is 1. The predicted molar refractivity (Wildman–Crippen MR) is 95.4 cm³/mol. The summed E-state index contributed by atoms with van der Waals surface area (Å²) in [5, 5.41) is 0.636. The molecule has 0 bridgehead atoms. The van der Waals surface area contributed by atoms with Crippen LogP contribution in [0.4, 0.5) is 4.39 Å². The van der Waals surface area contributed by atoms with Crippen LogP contribution in [-0.4, -0.2) is 26.9 Å². The average molecular weight is 358 g/mol. The van der Waals surface area contributed by atoms with Crippen LogP contribution >= 0.6 is 11.6 Å². The van der Waals surface area contributed by atoms with E-state index in [0.29, 0.717) is 29.5 Å². The Morgan fingerprint density at radius 2 is 2.00 bits per heavy atom. The molecule has 3 aromatic rings. The number of rotatable bonds is 5. The highest BCUT2D eigenvalue weighted by Crippen LogP contribution is 2.17. The van der Waals surface area contributed by atoms with Gasteiger partial charge in [0.05, 0.1) is 12.5 Å². The number of nitrogens with zero attached hydrogens (tertiary/aromatic N) is 3. The zero-order valence-electron chi connectivity index (χ0n) is 13.7. The van der Waals surface area contributed by atoms with E-state index < -0.39 is 0 Å². The molecule has 0 aliphatic heterocycles. The Balaban J connectivity index is 1.87. The first kappa shape index (κ1) is 17.2. The first-order valence-corrected chi connectivity index (χ1v) is 8.28. The van der Waals surface area contributed by atoms with Crippen molar-refractivity contribution in [2.75, 3.05) is 6.54 Å².